The summed E-state index contributed by atoms with van der Waals surface area (Å²) in [6.45, 7) is 0. The van der Waals surface area contributed by atoms with Crippen molar-refractivity contribution in [3.05, 3.63) is 6.43 Å². The molecule has 1 radical (unpaired) electrons. The minimum atomic E-state index is -10.0. The lowest BCUT2D eigenvalue weighted by atomic mass is 9.83. The summed E-state index contributed by atoms with van der Waals surface area (Å²) in [6.07, 6.45) is -13.8. The molecule has 0 fully saturated rings. The zero-order chi connectivity index (χ0) is 38.6. The number of hydrogen-bond donors (Lipinski definition) is 0. The van der Waals surface area contributed by atoms with Gasteiger partial charge in [0.05, 0.1) is 0 Å². The molecule has 0 bridgehead atoms. The van der Waals surface area contributed by atoms with Crippen molar-refractivity contribution in [2.75, 3.05) is 0 Å². The van der Waals surface area contributed by atoms with Gasteiger partial charge in [0.15, 0.2) is 0 Å². The Morgan fingerprint density at radius 3 is 0.457 bits per heavy atom. The molecule has 0 rings (SSSR count). The number of hydrogen-bond acceptors (Lipinski definition) is 0. The minimum Gasteiger partial charge on any atom is -0.192 e. The highest BCUT2D eigenvalue weighted by Crippen LogP contribution is 2.69. The molecule has 0 N–H and O–H groups in total. The van der Waals surface area contributed by atoms with Crippen LogP contribution in [0.25, 0.3) is 0 Å². The molecule has 0 aliphatic carbocycles. The van der Waals surface area contributed by atoms with Crippen LogP contribution in [0.4, 0.5) is 136 Å². The molecule has 0 atom stereocenters. The van der Waals surface area contributed by atoms with E-state index in [-0.39, 0.29) is 0 Å². The molecule has 0 saturated carbocycles. The average Bonchev–Trinajstić information content (AvgIpc) is 2.81. The molecule has 0 aliphatic heterocycles. The Morgan fingerprint density at radius 1 is 0.196 bits per heavy atom. The van der Waals surface area contributed by atoms with Gasteiger partial charge in [-0.15, -0.1) is 0 Å². The van der Waals surface area contributed by atoms with Gasteiger partial charge in [-0.3, -0.25) is 0 Å². The predicted molar refractivity (Wildman–Crippen MR) is 75.8 cm³/mol. The average molecular weight is 769 g/mol. The Labute approximate surface area is 227 Å². The third-order valence-electron chi connectivity index (χ3n) is 5.33. The first-order chi connectivity index (χ1) is 19.2. The second-order valence-corrected chi connectivity index (χ2v) is 8.23. The van der Waals surface area contributed by atoms with E-state index in [0.717, 1.165) is 0 Å². The molecular formula is C15F31. The number of rotatable bonds is 13. The topological polar surface area (TPSA) is 0 Å². The van der Waals surface area contributed by atoms with Crippen LogP contribution in [0.5, 0.6) is 0 Å². The van der Waals surface area contributed by atoms with Crippen molar-refractivity contribution in [2.45, 2.75) is 83.2 Å². The van der Waals surface area contributed by atoms with Crippen molar-refractivity contribution < 1.29 is 136 Å². The molecule has 0 aromatic carbocycles. The van der Waals surface area contributed by atoms with Gasteiger partial charge >= 0.3 is 89.6 Å². The summed E-state index contributed by atoms with van der Waals surface area (Å²) in [4.78, 5) is 0. The van der Waals surface area contributed by atoms with Gasteiger partial charge in [-0.05, 0) is 0 Å². The molecule has 0 heterocycles. The van der Waals surface area contributed by atoms with Gasteiger partial charge in [0, 0.05) is 0 Å². The van der Waals surface area contributed by atoms with E-state index in [2.05, 4.69) is 0 Å². The van der Waals surface area contributed by atoms with Crippen LogP contribution in [0.2, 0.25) is 0 Å². The third kappa shape index (κ3) is 4.78. The van der Waals surface area contributed by atoms with Gasteiger partial charge < -0.3 is 0 Å². The van der Waals surface area contributed by atoms with E-state index in [1.54, 1.807) is 0 Å². The first-order valence-corrected chi connectivity index (χ1v) is 9.36. The van der Waals surface area contributed by atoms with Crippen LogP contribution in [0.3, 0.4) is 0 Å². The van der Waals surface area contributed by atoms with Gasteiger partial charge in [-0.1, -0.05) is 0 Å². The predicted octanol–water partition coefficient (Wildman–Crippen LogP) is 10.2. The summed E-state index contributed by atoms with van der Waals surface area (Å²) in [5.41, 5.74) is 0. The fraction of sp³-hybridized carbons (Fsp3) is 0.933. The SMILES string of the molecule is F[C](F)C(F)(F)C(F)(F)C(F)(F)C(F)(F)C(F)(F)C(F)(F)C(F)(F)C(F)(F)C(F)(F)C(F)(F)C(F)(F)C(F)(F)C(F)(F)C(F)(F)F. The summed E-state index contributed by atoms with van der Waals surface area (Å²) in [6, 6.07) is 0. The van der Waals surface area contributed by atoms with E-state index in [1.165, 1.54) is 0 Å². The van der Waals surface area contributed by atoms with Crippen LogP contribution in [0.1, 0.15) is 0 Å². The maximum atomic E-state index is 13.6. The first-order valence-electron chi connectivity index (χ1n) is 9.36. The van der Waals surface area contributed by atoms with Gasteiger partial charge in [0.1, 0.15) is 0 Å². The Balaban J connectivity index is 7.57. The summed E-state index contributed by atoms with van der Waals surface area (Å²) in [5.74, 6) is -124. The first kappa shape index (κ1) is 43.8. The van der Waals surface area contributed by atoms with E-state index in [4.69, 9.17) is 0 Å². The largest absolute Gasteiger partial charge is 0.460 e. The minimum absolute atomic E-state index is 5.52. The highest BCUT2D eigenvalue weighted by molar-refractivity contribution is 5.21. The summed E-state index contributed by atoms with van der Waals surface area (Å²) in [7, 11) is 0. The Kier molecular flexibility index (Phi) is 9.92. The molecule has 0 spiro atoms. The molecule has 277 valence electrons. The normalized spacial score (nSPS) is 17.2. The van der Waals surface area contributed by atoms with E-state index in [1.807, 2.05) is 0 Å². The Hall–Kier alpha value is -2.17. The summed E-state index contributed by atoms with van der Waals surface area (Å²) >= 11 is 0. The molecule has 0 aliphatic rings. The molecule has 0 aromatic rings. The van der Waals surface area contributed by atoms with Crippen LogP contribution in [-0.2, 0) is 0 Å². The highest BCUT2D eigenvalue weighted by Gasteiger charge is 3.01. The molecule has 0 unspecified atom stereocenters. The summed E-state index contributed by atoms with van der Waals surface area (Å²) < 4.78 is 405. The molecule has 0 aromatic heterocycles. The van der Waals surface area contributed by atoms with Crippen LogP contribution in [0.15, 0.2) is 0 Å². The lowest BCUT2D eigenvalue weighted by Gasteiger charge is -2.46. The maximum Gasteiger partial charge on any atom is 0.460 e. The number of alkyl halides is 29. The van der Waals surface area contributed by atoms with Crippen molar-refractivity contribution in [1.29, 1.82) is 0 Å². The van der Waals surface area contributed by atoms with Gasteiger partial charge in [0.2, 0.25) is 0 Å². The lowest BCUT2D eigenvalue weighted by molar-refractivity contribution is -0.487. The van der Waals surface area contributed by atoms with Gasteiger partial charge in [-0.25, -0.2) is 0 Å². The smallest absolute Gasteiger partial charge is 0.192 e. The van der Waals surface area contributed by atoms with Crippen LogP contribution >= 0.6 is 0 Å². The maximum absolute atomic E-state index is 13.6. The highest BCUT2D eigenvalue weighted by atomic mass is 19.4. The molecule has 0 saturated heterocycles. The van der Waals surface area contributed by atoms with Gasteiger partial charge in [-0.2, -0.15) is 136 Å². The van der Waals surface area contributed by atoms with Crippen LogP contribution < -0.4 is 0 Å². The van der Waals surface area contributed by atoms with Crippen molar-refractivity contribution >= 4 is 0 Å². The Morgan fingerprint density at radius 2 is 0.326 bits per heavy atom. The third-order valence-corrected chi connectivity index (χ3v) is 5.33. The second-order valence-electron chi connectivity index (χ2n) is 8.23. The summed E-state index contributed by atoms with van der Waals surface area (Å²) in [5, 5.41) is 0. The lowest BCUT2D eigenvalue weighted by Crippen LogP contribution is -2.79. The van der Waals surface area contributed by atoms with Crippen molar-refractivity contribution in [3.8, 4) is 0 Å². The standard InChI is InChI=1S/C15F31/c16-1(17)2(18,19)3(20,21)4(22,23)5(24,25)6(26,27)7(28,29)8(30,31)9(32,33)10(34,35)11(36,37)12(38,39)13(40,41)14(42,43)15(44,45)46. The van der Waals surface area contributed by atoms with Gasteiger partial charge in [0.25, 0.3) is 0 Å². The zero-order valence-corrected chi connectivity index (χ0v) is 19.2. The van der Waals surface area contributed by atoms with E-state index in [0.29, 0.717) is 0 Å². The van der Waals surface area contributed by atoms with Crippen molar-refractivity contribution in [3.63, 3.8) is 0 Å². The number of halogens is 31. The molecule has 46 heavy (non-hydrogen) atoms. The molecule has 0 amide bonds. The quantitative estimate of drug-likeness (QED) is 0.164. The van der Waals surface area contributed by atoms with E-state index < -0.39 is 89.6 Å². The zero-order valence-electron chi connectivity index (χ0n) is 19.2. The molecule has 31 heteroatoms. The van der Waals surface area contributed by atoms with Crippen molar-refractivity contribution in [1.82, 2.24) is 0 Å². The fourth-order valence-corrected chi connectivity index (χ4v) is 2.47. The molecule has 0 nitrogen and oxygen atoms in total. The van der Waals surface area contributed by atoms with E-state index >= 15 is 0 Å². The van der Waals surface area contributed by atoms with E-state index in [9.17, 15) is 136 Å². The fourth-order valence-electron chi connectivity index (χ4n) is 2.47. The van der Waals surface area contributed by atoms with Crippen LogP contribution in [-0.4, -0.2) is 83.2 Å². The molecular weight excluding hydrogens is 769 g/mol. The van der Waals surface area contributed by atoms with Crippen molar-refractivity contribution in [2.24, 2.45) is 0 Å². The monoisotopic (exact) mass is 769 g/mol. The van der Waals surface area contributed by atoms with Crippen LogP contribution in [0, 0.1) is 6.43 Å². The Bertz CT molecular complexity index is 1100. The second kappa shape index (κ2) is 10.4.